The summed E-state index contributed by atoms with van der Waals surface area (Å²) in [6.07, 6.45) is 1.64. The van der Waals surface area contributed by atoms with Gasteiger partial charge in [0.15, 0.2) is 5.65 Å². The number of anilines is 1. The molecule has 0 atom stereocenters. The summed E-state index contributed by atoms with van der Waals surface area (Å²) >= 11 is 6.12. The topological polar surface area (TPSA) is 54.0 Å². The van der Waals surface area contributed by atoms with Crippen LogP contribution in [0.4, 0.5) is 5.69 Å². The molecule has 0 saturated carbocycles. The summed E-state index contributed by atoms with van der Waals surface area (Å²) in [6.45, 7) is 3.73. The van der Waals surface area contributed by atoms with E-state index in [2.05, 4.69) is 38.9 Å². The molecule has 0 amide bonds. The number of imidazole rings is 1. The molecule has 114 valence electrons. The van der Waals surface area contributed by atoms with Crippen LogP contribution in [0.15, 0.2) is 36.7 Å². The minimum Gasteiger partial charge on any atom is -0.497 e. The van der Waals surface area contributed by atoms with E-state index in [0.29, 0.717) is 10.8 Å². The predicted octanol–water partition coefficient (Wildman–Crippen LogP) is 3.65. The van der Waals surface area contributed by atoms with Crippen LogP contribution in [0.25, 0.3) is 11.2 Å². The van der Waals surface area contributed by atoms with Gasteiger partial charge in [0.05, 0.1) is 19.1 Å². The molecular formula is C16H17ClN4O. The average Bonchev–Trinajstić information content (AvgIpc) is 3.00. The molecular weight excluding hydrogens is 300 g/mol. The molecule has 0 saturated heterocycles. The molecule has 2 heterocycles. The highest BCUT2D eigenvalue weighted by Gasteiger charge is 2.13. The Morgan fingerprint density at radius 3 is 2.73 bits per heavy atom. The lowest BCUT2D eigenvalue weighted by Gasteiger charge is -2.24. The van der Waals surface area contributed by atoms with Gasteiger partial charge in [0.1, 0.15) is 16.4 Å². The minimum atomic E-state index is 0.447. The highest BCUT2D eigenvalue weighted by atomic mass is 35.5. The zero-order valence-electron chi connectivity index (χ0n) is 12.5. The van der Waals surface area contributed by atoms with Gasteiger partial charge in [-0.25, -0.2) is 9.97 Å². The Balaban J connectivity index is 1.93. The fourth-order valence-electron chi connectivity index (χ4n) is 2.45. The molecule has 3 aromatic rings. The van der Waals surface area contributed by atoms with E-state index in [9.17, 15) is 0 Å². The van der Waals surface area contributed by atoms with Crippen molar-refractivity contribution in [2.45, 2.75) is 13.5 Å². The molecule has 2 aromatic heterocycles. The van der Waals surface area contributed by atoms with E-state index < -0.39 is 0 Å². The van der Waals surface area contributed by atoms with Gasteiger partial charge >= 0.3 is 0 Å². The number of H-pyrrole nitrogens is 1. The molecule has 5 nitrogen and oxygen atoms in total. The largest absolute Gasteiger partial charge is 0.497 e. The van der Waals surface area contributed by atoms with Crippen LogP contribution in [0.2, 0.25) is 5.15 Å². The van der Waals surface area contributed by atoms with E-state index in [1.54, 1.807) is 13.4 Å². The first kappa shape index (κ1) is 14.7. The zero-order chi connectivity index (χ0) is 15.5. The van der Waals surface area contributed by atoms with E-state index in [1.165, 1.54) is 5.56 Å². The fourth-order valence-corrected chi connectivity index (χ4v) is 2.63. The average molecular weight is 317 g/mol. The third kappa shape index (κ3) is 2.85. The summed E-state index contributed by atoms with van der Waals surface area (Å²) in [7, 11) is 1.67. The van der Waals surface area contributed by atoms with Crippen molar-refractivity contribution in [2.24, 2.45) is 0 Å². The van der Waals surface area contributed by atoms with Crippen molar-refractivity contribution in [3.8, 4) is 5.75 Å². The van der Waals surface area contributed by atoms with Gasteiger partial charge in [-0.3, -0.25) is 0 Å². The molecule has 1 N–H and O–H groups in total. The van der Waals surface area contributed by atoms with Crippen molar-refractivity contribution < 1.29 is 4.74 Å². The Kier molecular flexibility index (Phi) is 4.15. The summed E-state index contributed by atoms with van der Waals surface area (Å²) in [5.74, 6) is 0.856. The Bertz CT molecular complexity index is 769. The molecule has 0 radical (unpaired) electrons. The van der Waals surface area contributed by atoms with Crippen LogP contribution in [-0.4, -0.2) is 28.6 Å². The first-order chi connectivity index (χ1) is 10.7. The van der Waals surface area contributed by atoms with Gasteiger partial charge in [0.25, 0.3) is 0 Å². The maximum atomic E-state index is 6.12. The van der Waals surface area contributed by atoms with Crippen molar-refractivity contribution in [2.75, 3.05) is 18.6 Å². The number of hydrogen-bond donors (Lipinski definition) is 1. The molecule has 3 rings (SSSR count). The van der Waals surface area contributed by atoms with Crippen molar-refractivity contribution in [3.63, 3.8) is 0 Å². The lowest BCUT2D eigenvalue weighted by atomic mass is 10.2. The number of rotatable bonds is 5. The molecule has 0 aliphatic heterocycles. The van der Waals surface area contributed by atoms with Crippen LogP contribution in [0.3, 0.4) is 0 Å². The Labute approximate surface area is 133 Å². The summed E-state index contributed by atoms with van der Waals surface area (Å²) in [5, 5.41) is 0.447. The first-order valence-corrected chi connectivity index (χ1v) is 7.46. The monoisotopic (exact) mass is 316 g/mol. The van der Waals surface area contributed by atoms with E-state index in [4.69, 9.17) is 16.3 Å². The number of methoxy groups -OCH3 is 1. The van der Waals surface area contributed by atoms with Gasteiger partial charge in [0.2, 0.25) is 0 Å². The number of nitrogens with zero attached hydrogens (tertiary/aromatic N) is 3. The van der Waals surface area contributed by atoms with E-state index in [0.717, 1.165) is 30.0 Å². The van der Waals surface area contributed by atoms with Crippen LogP contribution in [0, 0.1) is 0 Å². The second-order valence-corrected chi connectivity index (χ2v) is 5.31. The zero-order valence-corrected chi connectivity index (χ0v) is 13.3. The quantitative estimate of drug-likeness (QED) is 0.730. The second-order valence-electron chi connectivity index (χ2n) is 4.93. The van der Waals surface area contributed by atoms with E-state index >= 15 is 0 Å². The molecule has 0 fully saturated rings. The summed E-state index contributed by atoms with van der Waals surface area (Å²) in [5.41, 5.74) is 3.74. The molecule has 0 aliphatic rings. The normalized spacial score (nSPS) is 10.9. The third-order valence-corrected chi connectivity index (χ3v) is 3.79. The van der Waals surface area contributed by atoms with Crippen molar-refractivity contribution in [1.82, 2.24) is 15.0 Å². The van der Waals surface area contributed by atoms with Crippen molar-refractivity contribution >= 4 is 28.5 Å². The van der Waals surface area contributed by atoms with Gasteiger partial charge in [0, 0.05) is 19.2 Å². The Hall–Kier alpha value is -2.27. The summed E-state index contributed by atoms with van der Waals surface area (Å²) in [4.78, 5) is 13.8. The van der Waals surface area contributed by atoms with Crippen LogP contribution < -0.4 is 9.64 Å². The van der Waals surface area contributed by atoms with Crippen LogP contribution >= 0.6 is 11.6 Å². The number of fused-ring (bicyclic) bond motifs is 1. The highest BCUT2D eigenvalue weighted by molar-refractivity contribution is 6.30. The molecule has 6 heteroatoms. The minimum absolute atomic E-state index is 0.447. The van der Waals surface area contributed by atoms with Crippen molar-refractivity contribution in [1.29, 1.82) is 0 Å². The van der Waals surface area contributed by atoms with Gasteiger partial charge < -0.3 is 14.6 Å². The first-order valence-electron chi connectivity index (χ1n) is 7.08. The summed E-state index contributed by atoms with van der Waals surface area (Å²) < 4.78 is 5.20. The molecule has 0 aliphatic carbocycles. The number of hydrogen-bond acceptors (Lipinski definition) is 4. The standard InChI is InChI=1S/C16H17ClN4O/c1-3-21(9-11-4-6-12(22-2)7-5-11)13-8-14(17)20-16-15(13)18-10-19-16/h4-8,10H,3,9H2,1-2H3,(H,18,19,20). The third-order valence-electron chi connectivity index (χ3n) is 3.60. The van der Waals surface area contributed by atoms with Crippen molar-refractivity contribution in [3.05, 3.63) is 47.4 Å². The number of halogens is 1. The SMILES string of the molecule is CCN(Cc1ccc(OC)cc1)c1cc(Cl)nc2nc[nH]c12. The number of benzene rings is 1. The smallest absolute Gasteiger partial charge is 0.180 e. The van der Waals surface area contributed by atoms with Crippen LogP contribution in [0.1, 0.15) is 12.5 Å². The lowest BCUT2D eigenvalue weighted by Crippen LogP contribution is -2.22. The van der Waals surface area contributed by atoms with E-state index in [-0.39, 0.29) is 0 Å². The van der Waals surface area contributed by atoms with Crippen LogP contribution in [-0.2, 0) is 6.54 Å². The lowest BCUT2D eigenvalue weighted by molar-refractivity contribution is 0.414. The summed E-state index contributed by atoms with van der Waals surface area (Å²) in [6, 6.07) is 9.93. The maximum Gasteiger partial charge on any atom is 0.180 e. The van der Waals surface area contributed by atoms with Gasteiger partial charge in [-0.2, -0.15) is 0 Å². The van der Waals surface area contributed by atoms with Gasteiger partial charge in [-0.15, -0.1) is 0 Å². The molecule has 1 aromatic carbocycles. The molecule has 0 spiro atoms. The van der Waals surface area contributed by atoms with Gasteiger partial charge in [-0.05, 0) is 24.6 Å². The Morgan fingerprint density at radius 1 is 1.27 bits per heavy atom. The number of ether oxygens (including phenoxy) is 1. The van der Waals surface area contributed by atoms with Crippen LogP contribution in [0.5, 0.6) is 5.75 Å². The molecule has 0 bridgehead atoms. The van der Waals surface area contributed by atoms with Gasteiger partial charge in [-0.1, -0.05) is 23.7 Å². The predicted molar refractivity (Wildman–Crippen MR) is 88.6 cm³/mol. The number of pyridine rings is 1. The fraction of sp³-hybridized carbons (Fsp3) is 0.250. The van der Waals surface area contributed by atoms with E-state index in [1.807, 2.05) is 18.2 Å². The maximum absolute atomic E-state index is 6.12. The second kappa shape index (κ2) is 6.23. The number of aromatic amines is 1. The Morgan fingerprint density at radius 2 is 2.05 bits per heavy atom. The molecule has 22 heavy (non-hydrogen) atoms. The number of aromatic nitrogens is 3. The number of nitrogens with one attached hydrogen (secondary N) is 1. The highest BCUT2D eigenvalue weighted by Crippen LogP contribution is 2.27. The molecule has 0 unspecified atom stereocenters.